The van der Waals surface area contributed by atoms with Crippen molar-refractivity contribution in [2.75, 3.05) is 6.54 Å². The molecule has 0 aromatic rings. The van der Waals surface area contributed by atoms with Gasteiger partial charge < -0.3 is 10.6 Å². The first-order chi connectivity index (χ1) is 7.11. The fourth-order valence-electron chi connectivity index (χ4n) is 1.85. The van der Waals surface area contributed by atoms with Gasteiger partial charge in [-0.25, -0.2) is 0 Å². The molecule has 0 bridgehead atoms. The number of amides is 2. The number of hydrogen-bond acceptors (Lipinski definition) is 3. The average molecular weight is 209 g/mol. The summed E-state index contributed by atoms with van der Waals surface area (Å²) < 4.78 is 0. The van der Waals surface area contributed by atoms with Crippen molar-refractivity contribution >= 4 is 11.8 Å². The first-order valence-electron chi connectivity index (χ1n) is 5.11. The lowest BCUT2D eigenvalue weighted by molar-refractivity contribution is -0.139. The highest BCUT2D eigenvalue weighted by Crippen LogP contribution is 2.20. The van der Waals surface area contributed by atoms with Crippen LogP contribution in [0.25, 0.3) is 0 Å². The maximum atomic E-state index is 11.8. The number of rotatable bonds is 3. The molecule has 1 heterocycles. The minimum Gasteiger partial charge on any atom is -0.368 e. The maximum Gasteiger partial charge on any atom is 0.240 e. The SMILES string of the molecule is CCC(C#N)C(=O)N1CCCC1C(N)=O. The lowest BCUT2D eigenvalue weighted by atomic mass is 10.1. The number of primary amides is 1. The van der Waals surface area contributed by atoms with E-state index in [0.29, 0.717) is 19.4 Å². The molecule has 15 heavy (non-hydrogen) atoms. The average Bonchev–Trinajstić information content (AvgIpc) is 2.67. The Bertz CT molecular complexity index is 308. The summed E-state index contributed by atoms with van der Waals surface area (Å²) in [5, 5.41) is 8.77. The molecule has 1 saturated heterocycles. The van der Waals surface area contributed by atoms with Crippen LogP contribution in [0.4, 0.5) is 0 Å². The van der Waals surface area contributed by atoms with E-state index < -0.39 is 17.9 Å². The molecule has 1 fully saturated rings. The van der Waals surface area contributed by atoms with Crippen LogP contribution in [-0.4, -0.2) is 29.3 Å². The Hall–Kier alpha value is -1.57. The zero-order valence-electron chi connectivity index (χ0n) is 8.77. The first-order valence-corrected chi connectivity index (χ1v) is 5.11. The van der Waals surface area contributed by atoms with Crippen LogP contribution in [0.3, 0.4) is 0 Å². The maximum absolute atomic E-state index is 11.8. The van der Waals surface area contributed by atoms with Gasteiger partial charge in [0.15, 0.2) is 0 Å². The molecule has 82 valence electrons. The van der Waals surface area contributed by atoms with Crippen molar-refractivity contribution in [3.63, 3.8) is 0 Å². The second-order valence-electron chi connectivity index (χ2n) is 3.68. The lowest BCUT2D eigenvalue weighted by Gasteiger charge is -2.23. The molecule has 5 heteroatoms. The van der Waals surface area contributed by atoms with Crippen molar-refractivity contribution in [2.24, 2.45) is 11.7 Å². The van der Waals surface area contributed by atoms with E-state index in [0.717, 1.165) is 6.42 Å². The molecular weight excluding hydrogens is 194 g/mol. The number of carbonyl (C=O) groups excluding carboxylic acids is 2. The Labute approximate surface area is 88.8 Å². The highest BCUT2D eigenvalue weighted by atomic mass is 16.2. The van der Waals surface area contributed by atoms with Gasteiger partial charge in [0, 0.05) is 6.54 Å². The number of likely N-dealkylation sites (tertiary alicyclic amines) is 1. The third-order valence-corrected chi connectivity index (χ3v) is 2.73. The predicted molar refractivity (Wildman–Crippen MR) is 53.3 cm³/mol. The number of hydrogen-bond donors (Lipinski definition) is 1. The van der Waals surface area contributed by atoms with Crippen LogP contribution < -0.4 is 5.73 Å². The number of nitriles is 1. The van der Waals surface area contributed by atoms with E-state index in [1.807, 2.05) is 6.07 Å². The highest BCUT2D eigenvalue weighted by Gasteiger charge is 2.35. The summed E-state index contributed by atoms with van der Waals surface area (Å²) in [5.41, 5.74) is 5.19. The van der Waals surface area contributed by atoms with E-state index in [4.69, 9.17) is 11.0 Å². The summed E-state index contributed by atoms with van der Waals surface area (Å²) in [6.07, 6.45) is 1.86. The first kappa shape index (κ1) is 11.5. The standard InChI is InChI=1S/C10H15N3O2/c1-2-7(6-11)10(15)13-5-3-4-8(13)9(12)14/h7-8H,2-5H2,1H3,(H2,12,14). The summed E-state index contributed by atoms with van der Waals surface area (Å²) >= 11 is 0. The van der Waals surface area contributed by atoms with Crippen LogP contribution in [0.15, 0.2) is 0 Å². The van der Waals surface area contributed by atoms with E-state index in [1.54, 1.807) is 6.92 Å². The van der Waals surface area contributed by atoms with Gasteiger partial charge in [-0.2, -0.15) is 5.26 Å². The molecule has 2 unspecified atom stereocenters. The Morgan fingerprint density at radius 3 is 2.80 bits per heavy atom. The highest BCUT2D eigenvalue weighted by molar-refractivity contribution is 5.89. The van der Waals surface area contributed by atoms with Gasteiger partial charge >= 0.3 is 0 Å². The fraction of sp³-hybridized carbons (Fsp3) is 0.700. The Morgan fingerprint density at radius 2 is 2.33 bits per heavy atom. The van der Waals surface area contributed by atoms with E-state index in [-0.39, 0.29) is 5.91 Å². The molecule has 1 rings (SSSR count). The largest absolute Gasteiger partial charge is 0.368 e. The predicted octanol–water partition coefficient (Wildman–Crippen LogP) is 0.0125. The van der Waals surface area contributed by atoms with Gasteiger partial charge in [0.1, 0.15) is 12.0 Å². The van der Waals surface area contributed by atoms with Crippen molar-refractivity contribution in [2.45, 2.75) is 32.2 Å². The molecule has 0 saturated carbocycles. The van der Waals surface area contributed by atoms with Gasteiger partial charge in [-0.15, -0.1) is 0 Å². The minimum atomic E-state index is -0.648. The van der Waals surface area contributed by atoms with Gasteiger partial charge in [0.05, 0.1) is 6.07 Å². The zero-order chi connectivity index (χ0) is 11.4. The van der Waals surface area contributed by atoms with Crippen LogP contribution in [0.2, 0.25) is 0 Å². The van der Waals surface area contributed by atoms with E-state index >= 15 is 0 Å². The summed E-state index contributed by atoms with van der Waals surface area (Å²) in [6, 6.07) is 1.43. The quantitative estimate of drug-likeness (QED) is 0.710. The zero-order valence-corrected chi connectivity index (χ0v) is 8.77. The normalized spacial score (nSPS) is 22.1. The molecule has 1 aliphatic rings. The molecular formula is C10H15N3O2. The second-order valence-corrected chi connectivity index (χ2v) is 3.68. The molecule has 2 N–H and O–H groups in total. The number of nitrogens with two attached hydrogens (primary N) is 1. The molecule has 0 aromatic heterocycles. The molecule has 0 spiro atoms. The van der Waals surface area contributed by atoms with E-state index in [2.05, 4.69) is 0 Å². The smallest absolute Gasteiger partial charge is 0.240 e. The van der Waals surface area contributed by atoms with Crippen molar-refractivity contribution in [3.8, 4) is 6.07 Å². The summed E-state index contributed by atoms with van der Waals surface area (Å²) in [6.45, 7) is 2.31. The Kier molecular flexibility index (Phi) is 3.67. The summed E-state index contributed by atoms with van der Waals surface area (Å²) in [4.78, 5) is 24.3. The fourth-order valence-corrected chi connectivity index (χ4v) is 1.85. The van der Waals surface area contributed by atoms with Gasteiger partial charge in [0.25, 0.3) is 0 Å². The van der Waals surface area contributed by atoms with Crippen LogP contribution in [-0.2, 0) is 9.59 Å². The van der Waals surface area contributed by atoms with E-state index in [1.165, 1.54) is 4.90 Å². The topological polar surface area (TPSA) is 87.2 Å². The molecule has 5 nitrogen and oxygen atoms in total. The van der Waals surface area contributed by atoms with Gasteiger partial charge in [-0.1, -0.05) is 6.92 Å². The minimum absolute atomic E-state index is 0.263. The van der Waals surface area contributed by atoms with Crippen molar-refractivity contribution in [1.29, 1.82) is 5.26 Å². The molecule has 0 radical (unpaired) electrons. The van der Waals surface area contributed by atoms with Crippen LogP contribution >= 0.6 is 0 Å². The molecule has 0 aliphatic carbocycles. The van der Waals surface area contributed by atoms with Crippen LogP contribution in [0, 0.1) is 17.2 Å². The molecule has 2 atom stereocenters. The van der Waals surface area contributed by atoms with Crippen LogP contribution in [0.5, 0.6) is 0 Å². The van der Waals surface area contributed by atoms with Crippen molar-refractivity contribution in [1.82, 2.24) is 4.90 Å². The van der Waals surface area contributed by atoms with Gasteiger partial charge in [-0.3, -0.25) is 9.59 Å². The summed E-state index contributed by atoms with van der Waals surface area (Å²) in [7, 11) is 0. The number of carbonyl (C=O) groups is 2. The van der Waals surface area contributed by atoms with Crippen molar-refractivity contribution in [3.05, 3.63) is 0 Å². The second kappa shape index (κ2) is 4.78. The van der Waals surface area contributed by atoms with E-state index in [9.17, 15) is 9.59 Å². The monoisotopic (exact) mass is 209 g/mol. The molecule has 2 amide bonds. The Morgan fingerprint density at radius 1 is 1.67 bits per heavy atom. The molecule has 0 aromatic carbocycles. The van der Waals surface area contributed by atoms with Crippen molar-refractivity contribution < 1.29 is 9.59 Å². The van der Waals surface area contributed by atoms with Gasteiger partial charge in [-0.05, 0) is 19.3 Å². The summed E-state index contributed by atoms with van der Waals surface area (Å²) in [5.74, 6) is -1.39. The lowest BCUT2D eigenvalue weighted by Crippen LogP contribution is -2.45. The third-order valence-electron chi connectivity index (χ3n) is 2.73. The third kappa shape index (κ3) is 2.27. The van der Waals surface area contributed by atoms with Gasteiger partial charge in [0.2, 0.25) is 11.8 Å². The Balaban J connectivity index is 2.75. The number of nitrogens with zero attached hydrogens (tertiary/aromatic N) is 2. The molecule has 1 aliphatic heterocycles. The van der Waals surface area contributed by atoms with Crippen LogP contribution in [0.1, 0.15) is 26.2 Å².